The summed E-state index contributed by atoms with van der Waals surface area (Å²) in [4.78, 5) is 11.6. The zero-order valence-corrected chi connectivity index (χ0v) is 5.63. The van der Waals surface area contributed by atoms with Crippen molar-refractivity contribution in [2.75, 3.05) is 13.6 Å². The smallest absolute Gasteiger partial charge is 0.209 e. The second-order valence-corrected chi connectivity index (χ2v) is 1.89. The summed E-state index contributed by atoms with van der Waals surface area (Å²) < 4.78 is 0. The highest BCUT2D eigenvalue weighted by Crippen LogP contribution is 1.87. The van der Waals surface area contributed by atoms with Crippen LogP contribution < -0.4 is 0 Å². The molecule has 2 nitrogen and oxygen atoms in total. The minimum absolute atomic E-state index is 0.748. The molecule has 2 heteroatoms. The van der Waals surface area contributed by atoms with E-state index in [2.05, 4.69) is 5.92 Å². The Balaban J connectivity index is 3.08. The number of unbranched alkanes of at least 4 members (excludes halogenated alkanes) is 1. The standard InChI is InChI=1S/C7H11NO/c1-3-4-5-6-8(2)7-9/h1,7H,4-6H2,2H3. The molecule has 0 unspecified atom stereocenters. The summed E-state index contributed by atoms with van der Waals surface area (Å²) in [7, 11) is 1.74. The van der Waals surface area contributed by atoms with Crippen LogP contribution in [-0.2, 0) is 4.79 Å². The Bertz CT molecular complexity index is 115. The van der Waals surface area contributed by atoms with Crippen LogP contribution >= 0.6 is 0 Å². The van der Waals surface area contributed by atoms with Gasteiger partial charge < -0.3 is 4.90 Å². The van der Waals surface area contributed by atoms with Crippen molar-refractivity contribution < 1.29 is 4.79 Å². The molecule has 9 heavy (non-hydrogen) atoms. The molecule has 0 aliphatic rings. The van der Waals surface area contributed by atoms with E-state index in [0.29, 0.717) is 0 Å². The van der Waals surface area contributed by atoms with Gasteiger partial charge in [0.1, 0.15) is 0 Å². The van der Waals surface area contributed by atoms with Crippen LogP contribution in [-0.4, -0.2) is 24.9 Å². The first-order chi connectivity index (χ1) is 4.31. The fourth-order valence-electron chi connectivity index (χ4n) is 0.483. The molecule has 0 aliphatic heterocycles. The molecule has 0 N–H and O–H groups in total. The van der Waals surface area contributed by atoms with Crippen molar-refractivity contribution in [2.45, 2.75) is 12.8 Å². The van der Waals surface area contributed by atoms with Crippen molar-refractivity contribution in [3.8, 4) is 12.3 Å². The van der Waals surface area contributed by atoms with E-state index in [4.69, 9.17) is 6.42 Å². The topological polar surface area (TPSA) is 20.3 Å². The molecule has 0 spiro atoms. The Morgan fingerprint density at radius 3 is 2.89 bits per heavy atom. The van der Waals surface area contributed by atoms with Crippen LogP contribution in [0.25, 0.3) is 0 Å². The van der Waals surface area contributed by atoms with Crippen molar-refractivity contribution in [1.82, 2.24) is 4.90 Å². The third-order valence-electron chi connectivity index (χ3n) is 1.01. The van der Waals surface area contributed by atoms with Gasteiger partial charge in [0.15, 0.2) is 0 Å². The van der Waals surface area contributed by atoms with Gasteiger partial charge in [-0.1, -0.05) is 0 Å². The largest absolute Gasteiger partial charge is 0.348 e. The van der Waals surface area contributed by atoms with Gasteiger partial charge in [-0.15, -0.1) is 12.3 Å². The number of rotatable bonds is 4. The number of nitrogens with zero attached hydrogens (tertiary/aromatic N) is 1. The van der Waals surface area contributed by atoms with E-state index in [1.807, 2.05) is 0 Å². The molecule has 0 heterocycles. The molecule has 0 atom stereocenters. The third kappa shape index (κ3) is 4.89. The molecule has 0 aliphatic carbocycles. The lowest BCUT2D eigenvalue weighted by atomic mass is 10.3. The van der Waals surface area contributed by atoms with Crippen LogP contribution in [0, 0.1) is 12.3 Å². The van der Waals surface area contributed by atoms with Crippen molar-refractivity contribution in [3.63, 3.8) is 0 Å². The average molecular weight is 125 g/mol. The molecule has 0 saturated carbocycles. The zero-order chi connectivity index (χ0) is 7.11. The number of terminal acetylenes is 1. The van der Waals surface area contributed by atoms with E-state index in [1.165, 1.54) is 0 Å². The summed E-state index contributed by atoms with van der Waals surface area (Å²) in [5.74, 6) is 2.50. The Morgan fingerprint density at radius 1 is 1.78 bits per heavy atom. The van der Waals surface area contributed by atoms with Gasteiger partial charge in [-0.25, -0.2) is 0 Å². The van der Waals surface area contributed by atoms with E-state index in [1.54, 1.807) is 11.9 Å². The van der Waals surface area contributed by atoms with E-state index in [0.717, 1.165) is 25.8 Å². The fourth-order valence-corrected chi connectivity index (χ4v) is 0.483. The number of carbonyl (C=O) groups excluding carboxylic acids is 1. The van der Waals surface area contributed by atoms with Crippen LogP contribution in [0.15, 0.2) is 0 Å². The first kappa shape index (κ1) is 8.03. The molecule has 0 aromatic rings. The second kappa shape index (κ2) is 5.17. The maximum absolute atomic E-state index is 9.97. The molecule has 0 saturated heterocycles. The summed E-state index contributed by atoms with van der Waals surface area (Å²) in [6.45, 7) is 0.758. The summed E-state index contributed by atoms with van der Waals surface area (Å²) in [5, 5.41) is 0. The quantitative estimate of drug-likeness (QED) is 0.304. The highest BCUT2D eigenvalue weighted by atomic mass is 16.1. The number of hydrogen-bond acceptors (Lipinski definition) is 1. The van der Waals surface area contributed by atoms with Crippen molar-refractivity contribution >= 4 is 6.41 Å². The van der Waals surface area contributed by atoms with Crippen LogP contribution in [0.3, 0.4) is 0 Å². The Hall–Kier alpha value is -0.970. The predicted molar refractivity (Wildman–Crippen MR) is 36.8 cm³/mol. The van der Waals surface area contributed by atoms with E-state index in [9.17, 15) is 4.79 Å². The maximum atomic E-state index is 9.97. The van der Waals surface area contributed by atoms with E-state index >= 15 is 0 Å². The maximum Gasteiger partial charge on any atom is 0.209 e. The fraction of sp³-hybridized carbons (Fsp3) is 0.571. The van der Waals surface area contributed by atoms with Gasteiger partial charge in [-0.2, -0.15) is 0 Å². The third-order valence-corrected chi connectivity index (χ3v) is 1.01. The Kier molecular flexibility index (Phi) is 4.61. The number of carbonyl (C=O) groups is 1. The molecule has 0 rings (SSSR count). The molecule has 0 radical (unpaired) electrons. The van der Waals surface area contributed by atoms with Gasteiger partial charge in [0, 0.05) is 20.0 Å². The van der Waals surface area contributed by atoms with E-state index < -0.39 is 0 Å². The highest BCUT2D eigenvalue weighted by Gasteiger charge is 1.89. The zero-order valence-electron chi connectivity index (χ0n) is 5.63. The second-order valence-electron chi connectivity index (χ2n) is 1.89. The minimum atomic E-state index is 0.748. The van der Waals surface area contributed by atoms with Gasteiger partial charge in [-0.05, 0) is 6.42 Å². The SMILES string of the molecule is C#CCCCN(C)C=O. The molecule has 1 amide bonds. The first-order valence-corrected chi connectivity index (χ1v) is 2.90. The van der Waals surface area contributed by atoms with Gasteiger partial charge in [0.2, 0.25) is 6.41 Å². The van der Waals surface area contributed by atoms with Crippen LogP contribution in [0.1, 0.15) is 12.8 Å². The monoisotopic (exact) mass is 125 g/mol. The van der Waals surface area contributed by atoms with Crippen LogP contribution in [0.4, 0.5) is 0 Å². The Morgan fingerprint density at radius 2 is 2.44 bits per heavy atom. The van der Waals surface area contributed by atoms with Crippen LogP contribution in [0.5, 0.6) is 0 Å². The number of hydrogen-bond donors (Lipinski definition) is 0. The minimum Gasteiger partial charge on any atom is -0.348 e. The molecule has 0 fully saturated rings. The summed E-state index contributed by atoms with van der Waals surface area (Å²) in [6.07, 6.45) is 7.44. The first-order valence-electron chi connectivity index (χ1n) is 2.90. The number of amides is 1. The van der Waals surface area contributed by atoms with Gasteiger partial charge in [-0.3, -0.25) is 4.79 Å². The van der Waals surface area contributed by atoms with Crippen molar-refractivity contribution in [2.24, 2.45) is 0 Å². The average Bonchev–Trinajstić information content (AvgIpc) is 1.89. The predicted octanol–water partition coefficient (Wildman–Crippen LogP) is 0.488. The highest BCUT2D eigenvalue weighted by molar-refractivity contribution is 5.46. The van der Waals surface area contributed by atoms with Gasteiger partial charge >= 0.3 is 0 Å². The molecule has 0 aromatic heterocycles. The van der Waals surface area contributed by atoms with Crippen molar-refractivity contribution in [3.05, 3.63) is 0 Å². The van der Waals surface area contributed by atoms with Crippen molar-refractivity contribution in [1.29, 1.82) is 0 Å². The molecule has 0 bridgehead atoms. The lowest BCUT2D eigenvalue weighted by Gasteiger charge is -2.06. The molecular weight excluding hydrogens is 114 g/mol. The van der Waals surface area contributed by atoms with E-state index in [-0.39, 0.29) is 0 Å². The molecule has 0 aromatic carbocycles. The van der Waals surface area contributed by atoms with Gasteiger partial charge in [0.25, 0.3) is 0 Å². The summed E-state index contributed by atoms with van der Waals surface area (Å²) >= 11 is 0. The summed E-state index contributed by atoms with van der Waals surface area (Å²) in [5.41, 5.74) is 0. The lowest BCUT2D eigenvalue weighted by molar-refractivity contribution is -0.117. The molecular formula is C7H11NO. The lowest BCUT2D eigenvalue weighted by Crippen LogP contribution is -2.16. The van der Waals surface area contributed by atoms with Gasteiger partial charge in [0.05, 0.1) is 0 Å². The molecule has 50 valence electrons. The van der Waals surface area contributed by atoms with Crippen LogP contribution in [0.2, 0.25) is 0 Å². The Labute approximate surface area is 55.8 Å². The normalized spacial score (nSPS) is 8.00. The summed E-state index contributed by atoms with van der Waals surface area (Å²) in [6, 6.07) is 0.